The first-order valence-corrected chi connectivity index (χ1v) is 6.92. The number of halogens is 1. The van der Waals surface area contributed by atoms with Crippen LogP contribution in [0.4, 0.5) is 5.69 Å². The lowest BCUT2D eigenvalue weighted by atomic mass is 10.3. The molecular formula is C14H21ClN2O2. The zero-order chi connectivity index (χ0) is 14.1. The lowest BCUT2D eigenvalue weighted by molar-refractivity contribution is -0.117. The van der Waals surface area contributed by atoms with Gasteiger partial charge in [-0.25, -0.2) is 0 Å². The fraction of sp³-hybridized carbons (Fsp3) is 0.500. The van der Waals surface area contributed by atoms with Crippen LogP contribution in [0, 0.1) is 0 Å². The number of hydrogen-bond acceptors (Lipinski definition) is 3. The van der Waals surface area contributed by atoms with Crippen molar-refractivity contribution < 1.29 is 9.90 Å². The van der Waals surface area contributed by atoms with Crippen molar-refractivity contribution >= 4 is 23.2 Å². The van der Waals surface area contributed by atoms with Crippen molar-refractivity contribution in [3.63, 3.8) is 0 Å². The van der Waals surface area contributed by atoms with Crippen LogP contribution < -0.4 is 5.32 Å². The second-order valence-corrected chi connectivity index (χ2v) is 4.84. The number of hydrogen-bond donors (Lipinski definition) is 2. The molecule has 5 heteroatoms. The highest BCUT2D eigenvalue weighted by Gasteiger charge is 2.09. The standard InChI is InChI=1S/C14H21ClN2O2/c1-2-8-17(9-3-10-18)11-14(19)16-13-6-4-12(15)5-7-13/h4-7,18H,2-3,8-11H2,1H3,(H,16,19). The minimum atomic E-state index is -0.0475. The number of benzene rings is 1. The molecule has 1 aromatic carbocycles. The van der Waals surface area contributed by atoms with Crippen LogP contribution in [0.5, 0.6) is 0 Å². The summed E-state index contributed by atoms with van der Waals surface area (Å²) in [4.78, 5) is 13.9. The largest absolute Gasteiger partial charge is 0.396 e. The summed E-state index contributed by atoms with van der Waals surface area (Å²) in [7, 11) is 0. The molecule has 4 nitrogen and oxygen atoms in total. The molecule has 2 N–H and O–H groups in total. The van der Waals surface area contributed by atoms with Gasteiger partial charge in [0.25, 0.3) is 0 Å². The lowest BCUT2D eigenvalue weighted by Crippen LogP contribution is -2.34. The molecule has 1 rings (SSSR count). The molecule has 1 aromatic rings. The maximum atomic E-state index is 11.9. The molecule has 0 saturated carbocycles. The molecule has 0 saturated heterocycles. The van der Waals surface area contributed by atoms with E-state index < -0.39 is 0 Å². The Morgan fingerprint density at radius 2 is 2.00 bits per heavy atom. The van der Waals surface area contributed by atoms with Crippen LogP contribution >= 0.6 is 11.6 Å². The van der Waals surface area contributed by atoms with Gasteiger partial charge in [-0.1, -0.05) is 18.5 Å². The topological polar surface area (TPSA) is 52.6 Å². The predicted octanol–water partition coefficient (Wildman–Crippen LogP) is 2.37. The van der Waals surface area contributed by atoms with E-state index in [4.69, 9.17) is 16.7 Å². The molecule has 0 aliphatic rings. The summed E-state index contributed by atoms with van der Waals surface area (Å²) in [5, 5.41) is 12.3. The average molecular weight is 285 g/mol. The number of carbonyl (C=O) groups excluding carboxylic acids is 1. The number of nitrogens with one attached hydrogen (secondary N) is 1. The monoisotopic (exact) mass is 284 g/mol. The van der Waals surface area contributed by atoms with E-state index in [1.807, 2.05) is 4.90 Å². The van der Waals surface area contributed by atoms with Gasteiger partial charge in [0.15, 0.2) is 0 Å². The number of amides is 1. The number of aliphatic hydroxyl groups excluding tert-OH is 1. The first kappa shape index (κ1) is 16.0. The molecule has 106 valence electrons. The van der Waals surface area contributed by atoms with E-state index in [2.05, 4.69) is 12.2 Å². The van der Waals surface area contributed by atoms with E-state index in [-0.39, 0.29) is 12.5 Å². The van der Waals surface area contributed by atoms with Crippen molar-refractivity contribution in [3.8, 4) is 0 Å². The zero-order valence-electron chi connectivity index (χ0n) is 11.2. The van der Waals surface area contributed by atoms with Gasteiger partial charge in [-0.05, 0) is 43.7 Å². The summed E-state index contributed by atoms with van der Waals surface area (Å²) in [6, 6.07) is 7.04. The van der Waals surface area contributed by atoms with E-state index in [1.165, 1.54) is 0 Å². The van der Waals surface area contributed by atoms with Crippen molar-refractivity contribution in [2.45, 2.75) is 19.8 Å². The Labute approximate surface area is 119 Å². The van der Waals surface area contributed by atoms with Crippen LogP contribution in [0.1, 0.15) is 19.8 Å². The Hall–Kier alpha value is -1.10. The predicted molar refractivity (Wildman–Crippen MR) is 78.5 cm³/mol. The van der Waals surface area contributed by atoms with Crippen LogP contribution in [-0.4, -0.2) is 42.2 Å². The Morgan fingerprint density at radius 1 is 1.32 bits per heavy atom. The van der Waals surface area contributed by atoms with Gasteiger partial charge in [0.05, 0.1) is 6.54 Å². The van der Waals surface area contributed by atoms with Gasteiger partial charge in [-0.15, -0.1) is 0 Å². The summed E-state index contributed by atoms with van der Waals surface area (Å²) in [5.74, 6) is -0.0475. The van der Waals surface area contributed by atoms with Gasteiger partial charge in [-0.3, -0.25) is 9.69 Å². The third-order valence-corrected chi connectivity index (χ3v) is 2.92. The smallest absolute Gasteiger partial charge is 0.238 e. The van der Waals surface area contributed by atoms with Crippen LogP contribution in [0.2, 0.25) is 5.02 Å². The third-order valence-electron chi connectivity index (χ3n) is 2.67. The summed E-state index contributed by atoms with van der Waals surface area (Å²) in [6.07, 6.45) is 1.67. The summed E-state index contributed by atoms with van der Waals surface area (Å²) in [6.45, 7) is 4.16. The molecule has 0 aliphatic carbocycles. The number of anilines is 1. The number of rotatable bonds is 8. The molecule has 0 heterocycles. The minimum absolute atomic E-state index is 0.0475. The highest BCUT2D eigenvalue weighted by atomic mass is 35.5. The fourth-order valence-corrected chi connectivity index (χ4v) is 1.94. The van der Waals surface area contributed by atoms with Crippen LogP contribution in [0.3, 0.4) is 0 Å². The molecular weight excluding hydrogens is 264 g/mol. The van der Waals surface area contributed by atoms with Gasteiger partial charge in [0.1, 0.15) is 0 Å². The van der Waals surface area contributed by atoms with Crippen molar-refractivity contribution in [1.29, 1.82) is 0 Å². The van der Waals surface area contributed by atoms with E-state index >= 15 is 0 Å². The zero-order valence-corrected chi connectivity index (χ0v) is 12.0. The second kappa shape index (κ2) is 8.91. The first-order chi connectivity index (χ1) is 9.15. The molecule has 0 fully saturated rings. The Balaban J connectivity index is 2.45. The summed E-state index contributed by atoms with van der Waals surface area (Å²) < 4.78 is 0. The lowest BCUT2D eigenvalue weighted by Gasteiger charge is -2.20. The Morgan fingerprint density at radius 3 is 2.58 bits per heavy atom. The molecule has 0 aliphatic heterocycles. The van der Waals surface area contributed by atoms with Crippen LogP contribution in [-0.2, 0) is 4.79 Å². The SMILES string of the molecule is CCCN(CCCO)CC(=O)Nc1ccc(Cl)cc1. The molecule has 0 spiro atoms. The van der Waals surface area contributed by atoms with Crippen molar-refractivity contribution in [2.24, 2.45) is 0 Å². The summed E-state index contributed by atoms with van der Waals surface area (Å²) >= 11 is 5.79. The van der Waals surface area contributed by atoms with Crippen LogP contribution in [0.15, 0.2) is 24.3 Å². The maximum Gasteiger partial charge on any atom is 0.238 e. The van der Waals surface area contributed by atoms with Crippen molar-refractivity contribution in [1.82, 2.24) is 4.90 Å². The molecule has 0 bridgehead atoms. The van der Waals surface area contributed by atoms with Gasteiger partial charge in [0, 0.05) is 23.9 Å². The Kier molecular flexibility index (Phi) is 7.48. The second-order valence-electron chi connectivity index (χ2n) is 4.41. The number of carbonyl (C=O) groups is 1. The van der Waals surface area contributed by atoms with Crippen molar-refractivity contribution in [2.75, 3.05) is 31.6 Å². The number of aliphatic hydroxyl groups is 1. The minimum Gasteiger partial charge on any atom is -0.396 e. The molecule has 0 atom stereocenters. The summed E-state index contributed by atoms with van der Waals surface area (Å²) in [5.41, 5.74) is 0.744. The van der Waals surface area contributed by atoms with Gasteiger partial charge < -0.3 is 10.4 Å². The van der Waals surface area contributed by atoms with Crippen molar-refractivity contribution in [3.05, 3.63) is 29.3 Å². The number of nitrogens with zero attached hydrogens (tertiary/aromatic N) is 1. The molecule has 0 unspecified atom stereocenters. The normalized spacial score (nSPS) is 10.7. The Bertz CT molecular complexity index is 382. The molecule has 0 radical (unpaired) electrons. The van der Waals surface area contributed by atoms with E-state index in [0.29, 0.717) is 18.0 Å². The highest BCUT2D eigenvalue weighted by Crippen LogP contribution is 2.13. The third kappa shape index (κ3) is 6.57. The molecule has 0 aromatic heterocycles. The highest BCUT2D eigenvalue weighted by molar-refractivity contribution is 6.30. The maximum absolute atomic E-state index is 11.9. The fourth-order valence-electron chi connectivity index (χ4n) is 1.82. The van der Waals surface area contributed by atoms with Crippen LogP contribution in [0.25, 0.3) is 0 Å². The molecule has 19 heavy (non-hydrogen) atoms. The molecule has 1 amide bonds. The van der Waals surface area contributed by atoms with E-state index in [9.17, 15) is 4.79 Å². The van der Waals surface area contributed by atoms with E-state index in [0.717, 1.165) is 25.2 Å². The first-order valence-electron chi connectivity index (χ1n) is 6.54. The van der Waals surface area contributed by atoms with Gasteiger partial charge in [-0.2, -0.15) is 0 Å². The quantitative estimate of drug-likeness (QED) is 0.771. The van der Waals surface area contributed by atoms with Gasteiger partial charge >= 0.3 is 0 Å². The van der Waals surface area contributed by atoms with E-state index in [1.54, 1.807) is 24.3 Å². The average Bonchev–Trinajstić information content (AvgIpc) is 2.39. The van der Waals surface area contributed by atoms with Gasteiger partial charge in [0.2, 0.25) is 5.91 Å².